The first-order valence-electron chi connectivity index (χ1n) is 8.93. The fourth-order valence-corrected chi connectivity index (χ4v) is 3.23. The molecular weight excluding hydrogens is 368 g/mol. The van der Waals surface area contributed by atoms with Crippen LogP contribution in [0.2, 0.25) is 0 Å². The molecule has 0 bridgehead atoms. The molecule has 0 saturated heterocycles. The topological polar surface area (TPSA) is 61.7 Å². The first-order chi connectivity index (χ1) is 13.5. The summed E-state index contributed by atoms with van der Waals surface area (Å²) in [6, 6.07) is 20.6. The lowest BCUT2D eigenvalue weighted by Crippen LogP contribution is -2.14. The molecule has 28 heavy (non-hydrogen) atoms. The average molecular weight is 391 g/mol. The molecular formula is C23H22N2O2S. The number of rotatable bonds is 6. The van der Waals surface area contributed by atoms with Gasteiger partial charge in [-0.3, -0.25) is 9.79 Å². The van der Waals surface area contributed by atoms with Gasteiger partial charge in [-0.15, -0.1) is 11.8 Å². The third kappa shape index (κ3) is 5.47. The van der Waals surface area contributed by atoms with Crippen molar-refractivity contribution < 1.29 is 9.90 Å². The van der Waals surface area contributed by atoms with Gasteiger partial charge in [0.05, 0.1) is 11.4 Å². The van der Waals surface area contributed by atoms with E-state index in [-0.39, 0.29) is 11.7 Å². The second-order valence-corrected chi connectivity index (χ2v) is 7.50. The summed E-state index contributed by atoms with van der Waals surface area (Å²) in [7, 11) is 0. The van der Waals surface area contributed by atoms with Crippen molar-refractivity contribution >= 4 is 35.3 Å². The van der Waals surface area contributed by atoms with Crippen LogP contribution in [-0.2, 0) is 4.79 Å². The quantitative estimate of drug-likeness (QED) is 0.432. The van der Waals surface area contributed by atoms with Crippen LogP contribution in [0.3, 0.4) is 0 Å². The summed E-state index contributed by atoms with van der Waals surface area (Å²) >= 11 is 1.48. The van der Waals surface area contributed by atoms with Crippen LogP contribution in [0.5, 0.6) is 5.75 Å². The van der Waals surface area contributed by atoms with Gasteiger partial charge in [-0.2, -0.15) is 0 Å². The van der Waals surface area contributed by atoms with Gasteiger partial charge in [0.15, 0.2) is 0 Å². The van der Waals surface area contributed by atoms with Gasteiger partial charge in [-0.25, -0.2) is 0 Å². The molecule has 0 aliphatic carbocycles. The smallest absolute Gasteiger partial charge is 0.234 e. The van der Waals surface area contributed by atoms with Crippen molar-refractivity contribution in [2.24, 2.45) is 4.99 Å². The van der Waals surface area contributed by atoms with E-state index in [0.717, 1.165) is 21.8 Å². The number of thioether (sulfide) groups is 1. The number of aryl methyl sites for hydroxylation is 2. The molecule has 0 fully saturated rings. The number of carbonyl (C=O) groups is 1. The minimum Gasteiger partial charge on any atom is -0.507 e. The van der Waals surface area contributed by atoms with Gasteiger partial charge in [0.1, 0.15) is 5.75 Å². The van der Waals surface area contributed by atoms with Crippen LogP contribution in [-0.4, -0.2) is 23.0 Å². The number of phenols is 1. The Bertz CT molecular complexity index is 998. The number of para-hydroxylation sites is 1. The van der Waals surface area contributed by atoms with Gasteiger partial charge in [0, 0.05) is 22.4 Å². The van der Waals surface area contributed by atoms with E-state index >= 15 is 0 Å². The van der Waals surface area contributed by atoms with Gasteiger partial charge in [0.2, 0.25) is 5.91 Å². The minimum absolute atomic E-state index is 0.0325. The maximum atomic E-state index is 12.2. The number of hydrogen-bond acceptors (Lipinski definition) is 4. The molecule has 0 radical (unpaired) electrons. The highest BCUT2D eigenvalue weighted by atomic mass is 32.2. The molecule has 0 spiro atoms. The molecule has 4 nitrogen and oxygen atoms in total. The van der Waals surface area contributed by atoms with Crippen molar-refractivity contribution in [2.75, 3.05) is 11.1 Å². The van der Waals surface area contributed by atoms with Crippen LogP contribution < -0.4 is 5.32 Å². The molecule has 0 aliphatic rings. The van der Waals surface area contributed by atoms with E-state index in [9.17, 15) is 9.90 Å². The number of amides is 1. The Kier molecular flexibility index (Phi) is 6.50. The zero-order chi connectivity index (χ0) is 19.9. The molecule has 5 heteroatoms. The van der Waals surface area contributed by atoms with E-state index in [2.05, 4.69) is 10.3 Å². The van der Waals surface area contributed by atoms with E-state index in [4.69, 9.17) is 0 Å². The number of phenolic OH excluding ortho intramolecular Hbond substituents is 1. The minimum atomic E-state index is -0.0325. The first kappa shape index (κ1) is 19.7. The highest BCUT2D eigenvalue weighted by Crippen LogP contribution is 2.23. The number of carbonyl (C=O) groups excluding carboxylic acids is 1. The van der Waals surface area contributed by atoms with Crippen LogP contribution in [0.1, 0.15) is 16.7 Å². The Morgan fingerprint density at radius 3 is 2.50 bits per heavy atom. The van der Waals surface area contributed by atoms with E-state index in [1.165, 1.54) is 17.3 Å². The Labute approximate surface area is 169 Å². The monoisotopic (exact) mass is 390 g/mol. The summed E-state index contributed by atoms with van der Waals surface area (Å²) in [5, 5.41) is 12.7. The van der Waals surface area contributed by atoms with Crippen LogP contribution in [0.4, 0.5) is 11.4 Å². The van der Waals surface area contributed by atoms with E-state index in [0.29, 0.717) is 11.3 Å². The lowest BCUT2D eigenvalue weighted by atomic mass is 10.1. The number of benzene rings is 3. The number of aliphatic imine (C=N–C) groups is 1. The van der Waals surface area contributed by atoms with Crippen molar-refractivity contribution in [2.45, 2.75) is 18.7 Å². The Morgan fingerprint density at radius 2 is 1.79 bits per heavy atom. The third-order valence-corrected chi connectivity index (χ3v) is 5.30. The van der Waals surface area contributed by atoms with Gasteiger partial charge in [0.25, 0.3) is 0 Å². The van der Waals surface area contributed by atoms with Gasteiger partial charge in [-0.05, 0) is 73.5 Å². The second kappa shape index (κ2) is 9.24. The van der Waals surface area contributed by atoms with Crippen LogP contribution in [0.25, 0.3) is 0 Å². The molecule has 0 atom stereocenters. The van der Waals surface area contributed by atoms with E-state index < -0.39 is 0 Å². The number of hydrogen-bond donors (Lipinski definition) is 2. The van der Waals surface area contributed by atoms with Gasteiger partial charge >= 0.3 is 0 Å². The Hall–Kier alpha value is -3.05. The molecule has 142 valence electrons. The number of anilines is 1. The SMILES string of the molecule is Cc1ccc(NC(=O)CSc2ccc(/N=C/c3ccccc3O)cc2)cc1C. The molecule has 3 rings (SSSR count). The zero-order valence-electron chi connectivity index (χ0n) is 15.8. The van der Waals surface area contributed by atoms with Crippen molar-refractivity contribution in [3.63, 3.8) is 0 Å². The highest BCUT2D eigenvalue weighted by Gasteiger charge is 2.05. The number of nitrogens with one attached hydrogen (secondary N) is 1. The van der Waals surface area contributed by atoms with E-state index in [1.807, 2.05) is 62.4 Å². The molecule has 1 amide bonds. The lowest BCUT2D eigenvalue weighted by molar-refractivity contribution is -0.113. The summed E-state index contributed by atoms with van der Waals surface area (Å²) in [5.41, 5.74) is 4.64. The fourth-order valence-electron chi connectivity index (χ4n) is 2.53. The molecule has 2 N–H and O–H groups in total. The van der Waals surface area contributed by atoms with Crippen molar-refractivity contribution in [1.29, 1.82) is 0 Å². The van der Waals surface area contributed by atoms with Crippen molar-refractivity contribution in [1.82, 2.24) is 0 Å². The molecule has 0 heterocycles. The molecule has 0 saturated carbocycles. The molecule has 0 aromatic heterocycles. The maximum Gasteiger partial charge on any atom is 0.234 e. The van der Waals surface area contributed by atoms with Crippen LogP contribution >= 0.6 is 11.8 Å². The number of aromatic hydroxyl groups is 1. The molecule has 3 aromatic carbocycles. The average Bonchev–Trinajstić information content (AvgIpc) is 2.69. The van der Waals surface area contributed by atoms with Crippen molar-refractivity contribution in [3.05, 3.63) is 83.4 Å². The lowest BCUT2D eigenvalue weighted by Gasteiger charge is -2.07. The van der Waals surface area contributed by atoms with Crippen molar-refractivity contribution in [3.8, 4) is 5.75 Å². The largest absolute Gasteiger partial charge is 0.507 e. The molecule has 0 aliphatic heterocycles. The Morgan fingerprint density at radius 1 is 1.04 bits per heavy atom. The zero-order valence-corrected chi connectivity index (χ0v) is 16.7. The van der Waals surface area contributed by atoms with Gasteiger partial charge < -0.3 is 10.4 Å². The van der Waals surface area contributed by atoms with Crippen LogP contribution in [0, 0.1) is 13.8 Å². The second-order valence-electron chi connectivity index (χ2n) is 6.45. The summed E-state index contributed by atoms with van der Waals surface area (Å²) in [6.45, 7) is 4.08. The van der Waals surface area contributed by atoms with Gasteiger partial charge in [-0.1, -0.05) is 18.2 Å². The standard InChI is InChI=1S/C23H22N2O2S/c1-16-7-8-20(13-17(16)2)25-23(27)15-28-21-11-9-19(10-12-21)24-14-18-5-3-4-6-22(18)26/h3-14,26H,15H2,1-2H3,(H,25,27)/b24-14+. The molecule has 3 aromatic rings. The fraction of sp³-hybridized carbons (Fsp3) is 0.130. The summed E-state index contributed by atoms with van der Waals surface area (Å²) < 4.78 is 0. The summed E-state index contributed by atoms with van der Waals surface area (Å²) in [5.74, 6) is 0.510. The predicted octanol–water partition coefficient (Wildman–Crippen LogP) is 5.49. The van der Waals surface area contributed by atoms with Crippen LogP contribution in [0.15, 0.2) is 76.6 Å². The number of nitrogens with zero attached hydrogens (tertiary/aromatic N) is 1. The maximum absolute atomic E-state index is 12.2. The predicted molar refractivity (Wildman–Crippen MR) is 117 cm³/mol. The summed E-state index contributed by atoms with van der Waals surface area (Å²) in [6.07, 6.45) is 1.63. The normalized spacial score (nSPS) is 10.9. The van der Waals surface area contributed by atoms with E-state index in [1.54, 1.807) is 24.4 Å². The molecule has 0 unspecified atom stereocenters. The third-order valence-electron chi connectivity index (χ3n) is 4.29. The Balaban J connectivity index is 1.53. The summed E-state index contributed by atoms with van der Waals surface area (Å²) in [4.78, 5) is 17.5. The first-order valence-corrected chi connectivity index (χ1v) is 9.92. The highest BCUT2D eigenvalue weighted by molar-refractivity contribution is 8.00.